The average Bonchev–Trinajstić information content (AvgIpc) is 3.47. The number of Topliss-reactive ketones (excluding diaryl/α,β-unsaturated/α-hetero) is 1. The van der Waals surface area contributed by atoms with Gasteiger partial charge < -0.3 is 14.9 Å². The second-order valence-corrected chi connectivity index (χ2v) is 15.5. The first-order valence-corrected chi connectivity index (χ1v) is 16.8. The molecule has 1 aromatic carbocycles. The molecule has 6 rings (SSSR count). The van der Waals surface area contributed by atoms with E-state index in [1.807, 2.05) is 5.38 Å². The number of aliphatic hydroxyl groups excluding tert-OH is 1. The lowest BCUT2D eigenvalue weighted by molar-refractivity contribution is -0.219. The summed E-state index contributed by atoms with van der Waals surface area (Å²) in [6, 6.07) is 6.77. The maximum atomic E-state index is 17.3. The number of esters is 1. The van der Waals surface area contributed by atoms with Gasteiger partial charge in [-0.1, -0.05) is 70.5 Å². The molecule has 1 unspecified atom stereocenters. The van der Waals surface area contributed by atoms with Crippen LogP contribution >= 0.6 is 32.9 Å². The number of halogens is 1. The van der Waals surface area contributed by atoms with Gasteiger partial charge in [-0.25, -0.2) is 9.18 Å². The van der Waals surface area contributed by atoms with Crippen LogP contribution in [0.5, 0.6) is 0 Å². The van der Waals surface area contributed by atoms with E-state index >= 15 is 4.39 Å². The smallest absolute Gasteiger partial charge is 0.338 e. The van der Waals surface area contributed by atoms with Crippen molar-refractivity contribution in [3.8, 4) is 11.1 Å². The number of benzene rings is 1. The van der Waals surface area contributed by atoms with Gasteiger partial charge in [-0.2, -0.15) is 0 Å². The van der Waals surface area contributed by atoms with Crippen molar-refractivity contribution in [2.24, 2.45) is 28.6 Å². The highest BCUT2D eigenvalue weighted by atomic mass is 32.9. The van der Waals surface area contributed by atoms with E-state index in [1.165, 1.54) is 22.5 Å². The molecule has 0 radical (unpaired) electrons. The molecule has 1 heterocycles. The minimum Gasteiger partial charge on any atom is -0.454 e. The number of aliphatic hydroxyl groups is 2. The number of carbonyl (C=O) groups excluding carboxylic acids is 3. The van der Waals surface area contributed by atoms with Gasteiger partial charge in [0.15, 0.2) is 18.1 Å². The summed E-state index contributed by atoms with van der Waals surface area (Å²) >= 11 is 5.35. The maximum Gasteiger partial charge on any atom is 0.338 e. The number of fused-ring (bicyclic) bond motifs is 5. The molecule has 4 aliphatic carbocycles. The SMILES string of the molecule is C[C@@H]1C[C@H]2C3CCC4=CC(=O)C=C[C@]4(C)[C@@]3(F)[C@@H](O)C[C@]2(C)[C@@]1(O)C(=O)COC(=O)c1ccc(-c2cssc2=S)cc1. The summed E-state index contributed by atoms with van der Waals surface area (Å²) < 4.78 is 23.5. The molecule has 0 bridgehead atoms. The van der Waals surface area contributed by atoms with Crippen LogP contribution < -0.4 is 0 Å². The van der Waals surface area contributed by atoms with E-state index in [4.69, 9.17) is 17.0 Å². The molecule has 1 aromatic heterocycles. The van der Waals surface area contributed by atoms with Crippen molar-refractivity contribution in [3.63, 3.8) is 0 Å². The molecule has 0 amide bonds. The largest absolute Gasteiger partial charge is 0.454 e. The topological polar surface area (TPSA) is 101 Å². The fourth-order valence-electron chi connectivity index (χ4n) is 8.65. The van der Waals surface area contributed by atoms with Crippen LogP contribution in [0.15, 0.2) is 53.4 Å². The molecule has 42 heavy (non-hydrogen) atoms. The molecule has 10 heteroatoms. The van der Waals surface area contributed by atoms with Gasteiger partial charge in [0.25, 0.3) is 0 Å². The Hall–Kier alpha value is -2.37. The summed E-state index contributed by atoms with van der Waals surface area (Å²) in [5, 5.41) is 25.6. The van der Waals surface area contributed by atoms with Crippen LogP contribution in [-0.2, 0) is 14.3 Å². The highest BCUT2D eigenvalue weighted by Gasteiger charge is 2.75. The van der Waals surface area contributed by atoms with Crippen molar-refractivity contribution >= 4 is 50.4 Å². The molecule has 8 atom stereocenters. The van der Waals surface area contributed by atoms with E-state index in [0.29, 0.717) is 24.8 Å². The van der Waals surface area contributed by atoms with E-state index in [2.05, 4.69) is 0 Å². The molecule has 222 valence electrons. The molecule has 3 saturated carbocycles. The van der Waals surface area contributed by atoms with Crippen LogP contribution in [0.25, 0.3) is 11.1 Å². The Balaban J connectivity index is 1.22. The number of carbonyl (C=O) groups is 3. The summed E-state index contributed by atoms with van der Waals surface area (Å²) in [7, 11) is 3.04. The highest BCUT2D eigenvalue weighted by molar-refractivity contribution is 7.79. The third-order valence-corrected chi connectivity index (χ3v) is 13.6. The van der Waals surface area contributed by atoms with E-state index in [1.54, 1.807) is 61.5 Å². The number of hydrogen-bond acceptors (Lipinski definition) is 9. The molecular formula is C32H33FO6S3. The lowest BCUT2D eigenvalue weighted by Gasteiger charge is -2.62. The molecule has 6 nitrogen and oxygen atoms in total. The highest BCUT2D eigenvalue weighted by Crippen LogP contribution is 2.70. The summed E-state index contributed by atoms with van der Waals surface area (Å²) in [6.45, 7) is 4.62. The molecule has 2 aromatic rings. The van der Waals surface area contributed by atoms with Crippen LogP contribution in [0.3, 0.4) is 0 Å². The maximum absolute atomic E-state index is 17.3. The predicted molar refractivity (Wildman–Crippen MR) is 162 cm³/mol. The molecule has 0 spiro atoms. The van der Waals surface area contributed by atoms with Crippen molar-refractivity contribution < 1.29 is 33.7 Å². The number of allylic oxidation sites excluding steroid dienone is 4. The number of alkyl halides is 1. The zero-order valence-electron chi connectivity index (χ0n) is 23.6. The van der Waals surface area contributed by atoms with Crippen LogP contribution in [0, 0.1) is 32.4 Å². The number of rotatable bonds is 5. The fourth-order valence-corrected chi connectivity index (χ4v) is 11.0. The lowest BCUT2D eigenvalue weighted by Crippen LogP contribution is -2.69. The Bertz CT molecular complexity index is 1590. The van der Waals surface area contributed by atoms with Gasteiger partial charge in [0.2, 0.25) is 5.78 Å². The minimum atomic E-state index is -2.05. The summed E-state index contributed by atoms with van der Waals surface area (Å²) in [4.78, 5) is 38.6. The van der Waals surface area contributed by atoms with Gasteiger partial charge in [-0.3, -0.25) is 9.59 Å². The van der Waals surface area contributed by atoms with E-state index in [9.17, 15) is 24.6 Å². The van der Waals surface area contributed by atoms with Gasteiger partial charge in [0.05, 0.1) is 11.7 Å². The molecule has 0 saturated heterocycles. The lowest BCUT2D eigenvalue weighted by atomic mass is 9.44. The average molecular weight is 629 g/mol. The monoisotopic (exact) mass is 628 g/mol. The first kappa shape index (κ1) is 29.7. The van der Waals surface area contributed by atoms with E-state index < -0.39 is 64.3 Å². The van der Waals surface area contributed by atoms with Crippen molar-refractivity contribution in [3.05, 3.63) is 62.8 Å². The Kier molecular flexibility index (Phi) is 7.13. The van der Waals surface area contributed by atoms with Gasteiger partial charge >= 0.3 is 5.97 Å². The third-order valence-electron chi connectivity index (χ3n) is 10.9. The quantitative estimate of drug-likeness (QED) is 0.228. The van der Waals surface area contributed by atoms with E-state index in [-0.39, 0.29) is 17.8 Å². The second kappa shape index (κ2) is 10.1. The minimum absolute atomic E-state index is 0.133. The van der Waals surface area contributed by atoms with E-state index in [0.717, 1.165) is 15.0 Å². The Morgan fingerprint density at radius 1 is 1.19 bits per heavy atom. The second-order valence-electron chi connectivity index (χ2n) is 12.7. The van der Waals surface area contributed by atoms with Crippen molar-refractivity contribution in [2.45, 2.75) is 63.8 Å². The molecule has 0 aliphatic heterocycles. The van der Waals surface area contributed by atoms with Crippen LogP contribution in [0.4, 0.5) is 4.39 Å². The number of ether oxygens (including phenoxy) is 1. The van der Waals surface area contributed by atoms with Crippen molar-refractivity contribution in [1.82, 2.24) is 0 Å². The fraction of sp³-hybridized carbons (Fsp3) is 0.500. The molecule has 4 aliphatic rings. The summed E-state index contributed by atoms with van der Waals surface area (Å²) in [5.41, 5.74) is -3.51. The molecular weight excluding hydrogens is 596 g/mol. The van der Waals surface area contributed by atoms with Crippen molar-refractivity contribution in [1.29, 1.82) is 0 Å². The zero-order chi connectivity index (χ0) is 30.2. The number of hydrogen-bond donors (Lipinski definition) is 2. The van der Waals surface area contributed by atoms with Crippen molar-refractivity contribution in [2.75, 3.05) is 6.61 Å². The van der Waals surface area contributed by atoms with Gasteiger partial charge in [0.1, 0.15) is 9.42 Å². The Morgan fingerprint density at radius 2 is 1.90 bits per heavy atom. The Labute approximate surface area is 256 Å². The normalized spacial score (nSPS) is 38.7. The van der Waals surface area contributed by atoms with Crippen LogP contribution in [-0.4, -0.2) is 51.7 Å². The van der Waals surface area contributed by atoms with Gasteiger partial charge in [0, 0.05) is 27.7 Å². The molecule has 2 N–H and O–H groups in total. The summed E-state index contributed by atoms with van der Waals surface area (Å²) in [6.07, 6.45) is 4.12. The molecule has 3 fully saturated rings. The predicted octanol–water partition coefficient (Wildman–Crippen LogP) is 6.28. The zero-order valence-corrected chi connectivity index (χ0v) is 26.0. The first-order chi connectivity index (χ1) is 19.8. The first-order valence-electron chi connectivity index (χ1n) is 14.2. The Morgan fingerprint density at radius 3 is 2.57 bits per heavy atom. The van der Waals surface area contributed by atoms with Gasteiger partial charge in [-0.05, 0) is 74.3 Å². The van der Waals surface area contributed by atoms with Gasteiger partial charge in [-0.15, -0.1) is 0 Å². The third kappa shape index (κ3) is 3.98. The van der Waals surface area contributed by atoms with Crippen LogP contribution in [0.1, 0.15) is 56.8 Å². The number of ketones is 2. The van der Waals surface area contributed by atoms with Crippen LogP contribution in [0.2, 0.25) is 0 Å². The summed E-state index contributed by atoms with van der Waals surface area (Å²) in [5.74, 6) is -3.09. The standard InChI is InChI=1S/C32H33FO6S3/c1-17-12-24-23-9-8-20-13-21(34)10-11-29(20,2)31(23,33)25(35)14-30(24,3)32(17,38)26(36)15-39-27(37)19-6-4-18(5-7-19)22-16-41-42-28(22)40/h4-7,10-11,13,16-17,23-25,35,38H,8-9,12,14-15H2,1-3H3/t17-,23?,24+,25+,29+,30+,31+,32+/m1/s1.